The molecule has 0 bridgehead atoms. The van der Waals surface area contributed by atoms with Gasteiger partial charge in [0.1, 0.15) is 0 Å². The number of alkyl halides is 1. The van der Waals surface area contributed by atoms with Gasteiger partial charge < -0.3 is 5.32 Å². The van der Waals surface area contributed by atoms with Crippen molar-refractivity contribution in [3.63, 3.8) is 0 Å². The van der Waals surface area contributed by atoms with E-state index in [0.717, 1.165) is 19.3 Å². The van der Waals surface area contributed by atoms with Crippen molar-refractivity contribution in [2.75, 3.05) is 11.2 Å². The number of aromatic nitrogens is 2. The molecule has 0 aromatic carbocycles. The molecule has 94 valence electrons. The van der Waals surface area contributed by atoms with Crippen molar-refractivity contribution >= 4 is 17.5 Å². The van der Waals surface area contributed by atoms with E-state index >= 15 is 0 Å². The maximum Gasteiger partial charge on any atom is 0.223 e. The molecule has 0 saturated heterocycles. The Balaban J connectivity index is 2.10. The molecule has 1 fully saturated rings. The summed E-state index contributed by atoms with van der Waals surface area (Å²) in [6.45, 7) is 2.23. The Hall–Kier alpha value is -0.900. The van der Waals surface area contributed by atoms with Crippen LogP contribution in [-0.2, 0) is 0 Å². The Morgan fingerprint density at radius 3 is 2.82 bits per heavy atom. The first-order valence-corrected chi connectivity index (χ1v) is 6.49. The Labute approximate surface area is 106 Å². The summed E-state index contributed by atoms with van der Waals surface area (Å²) in [6, 6.07) is 0. The number of rotatable bonds is 3. The SMILES string of the molecule is CC1CCCC(CCl)(Nc2ncc(F)cn2)C1. The van der Waals surface area contributed by atoms with Gasteiger partial charge in [0.05, 0.1) is 17.9 Å². The van der Waals surface area contributed by atoms with Gasteiger partial charge in [0, 0.05) is 5.88 Å². The lowest BCUT2D eigenvalue weighted by Crippen LogP contribution is -2.44. The lowest BCUT2D eigenvalue weighted by Gasteiger charge is -2.39. The van der Waals surface area contributed by atoms with Crippen LogP contribution in [0.2, 0.25) is 0 Å². The second-order valence-electron chi connectivity index (χ2n) is 4.97. The lowest BCUT2D eigenvalue weighted by atomic mass is 9.77. The molecule has 2 atom stereocenters. The van der Waals surface area contributed by atoms with Crippen LogP contribution >= 0.6 is 11.6 Å². The van der Waals surface area contributed by atoms with E-state index < -0.39 is 5.82 Å². The van der Waals surface area contributed by atoms with Gasteiger partial charge in [0.2, 0.25) is 5.95 Å². The van der Waals surface area contributed by atoms with Crippen molar-refractivity contribution in [2.45, 2.75) is 38.1 Å². The van der Waals surface area contributed by atoms with Crippen LogP contribution in [0.3, 0.4) is 0 Å². The Morgan fingerprint density at radius 2 is 2.24 bits per heavy atom. The maximum atomic E-state index is 12.7. The summed E-state index contributed by atoms with van der Waals surface area (Å²) in [5.74, 6) is 1.21. The quantitative estimate of drug-likeness (QED) is 0.845. The highest BCUT2D eigenvalue weighted by Gasteiger charge is 2.34. The minimum absolute atomic E-state index is 0.142. The third-order valence-electron chi connectivity index (χ3n) is 3.34. The number of nitrogens with zero attached hydrogens (tertiary/aromatic N) is 2. The molecule has 2 rings (SSSR count). The maximum absolute atomic E-state index is 12.7. The third kappa shape index (κ3) is 3.06. The molecule has 1 aliphatic carbocycles. The summed E-state index contributed by atoms with van der Waals surface area (Å²) in [4.78, 5) is 7.87. The molecule has 1 saturated carbocycles. The standard InChI is InChI=1S/C12H17ClFN3/c1-9-3-2-4-12(5-9,8-13)17-11-15-6-10(14)7-16-11/h6-7,9H,2-5,8H2,1H3,(H,15,16,17). The van der Waals surface area contributed by atoms with Crippen molar-refractivity contribution in [1.29, 1.82) is 0 Å². The molecule has 1 aromatic rings. The topological polar surface area (TPSA) is 37.8 Å². The zero-order valence-electron chi connectivity index (χ0n) is 9.92. The fourth-order valence-corrected chi connectivity index (χ4v) is 2.85. The molecule has 1 heterocycles. The Bertz CT molecular complexity index is 371. The van der Waals surface area contributed by atoms with Crippen molar-refractivity contribution in [1.82, 2.24) is 9.97 Å². The molecule has 2 unspecified atom stereocenters. The van der Waals surface area contributed by atoms with E-state index in [1.54, 1.807) is 0 Å². The zero-order valence-corrected chi connectivity index (χ0v) is 10.7. The summed E-state index contributed by atoms with van der Waals surface area (Å²) < 4.78 is 12.7. The molecule has 3 nitrogen and oxygen atoms in total. The van der Waals surface area contributed by atoms with Gasteiger partial charge in [-0.3, -0.25) is 0 Å². The van der Waals surface area contributed by atoms with Crippen LogP contribution in [0.5, 0.6) is 0 Å². The molecular formula is C12H17ClFN3. The molecular weight excluding hydrogens is 241 g/mol. The number of hydrogen-bond acceptors (Lipinski definition) is 3. The number of nitrogens with one attached hydrogen (secondary N) is 1. The second kappa shape index (κ2) is 5.17. The second-order valence-corrected chi connectivity index (χ2v) is 5.23. The van der Waals surface area contributed by atoms with Gasteiger partial charge in [-0.25, -0.2) is 14.4 Å². The van der Waals surface area contributed by atoms with Crippen molar-refractivity contribution in [2.24, 2.45) is 5.92 Å². The van der Waals surface area contributed by atoms with Crippen LogP contribution in [0.15, 0.2) is 12.4 Å². The van der Waals surface area contributed by atoms with Crippen molar-refractivity contribution in [3.05, 3.63) is 18.2 Å². The van der Waals surface area contributed by atoms with E-state index in [-0.39, 0.29) is 5.54 Å². The molecule has 0 amide bonds. The van der Waals surface area contributed by atoms with Crippen LogP contribution in [0.4, 0.5) is 10.3 Å². The average molecular weight is 258 g/mol. The minimum atomic E-state index is -0.424. The van der Waals surface area contributed by atoms with Gasteiger partial charge in [0.15, 0.2) is 5.82 Å². The highest BCUT2D eigenvalue weighted by molar-refractivity contribution is 6.18. The molecule has 0 radical (unpaired) electrons. The molecule has 17 heavy (non-hydrogen) atoms. The monoisotopic (exact) mass is 257 g/mol. The summed E-state index contributed by atoms with van der Waals surface area (Å²) in [5.41, 5.74) is -0.142. The lowest BCUT2D eigenvalue weighted by molar-refractivity contribution is 0.278. The van der Waals surface area contributed by atoms with E-state index in [9.17, 15) is 4.39 Å². The summed E-state index contributed by atoms with van der Waals surface area (Å²) in [6.07, 6.45) is 6.76. The van der Waals surface area contributed by atoms with Crippen LogP contribution < -0.4 is 5.32 Å². The van der Waals surface area contributed by atoms with Gasteiger partial charge in [-0.1, -0.05) is 19.8 Å². The highest BCUT2D eigenvalue weighted by Crippen LogP contribution is 2.35. The first-order chi connectivity index (χ1) is 8.13. The smallest absolute Gasteiger partial charge is 0.223 e. The van der Waals surface area contributed by atoms with Crippen LogP contribution in [0.25, 0.3) is 0 Å². The van der Waals surface area contributed by atoms with Crippen LogP contribution in [-0.4, -0.2) is 21.4 Å². The van der Waals surface area contributed by atoms with Crippen molar-refractivity contribution < 1.29 is 4.39 Å². The van der Waals surface area contributed by atoms with E-state index in [2.05, 4.69) is 22.2 Å². The van der Waals surface area contributed by atoms with E-state index in [4.69, 9.17) is 11.6 Å². The molecule has 1 N–H and O–H groups in total. The molecule has 5 heteroatoms. The van der Waals surface area contributed by atoms with Crippen LogP contribution in [0, 0.1) is 11.7 Å². The number of anilines is 1. The van der Waals surface area contributed by atoms with Gasteiger partial charge in [-0.05, 0) is 18.8 Å². The fraction of sp³-hybridized carbons (Fsp3) is 0.667. The molecule has 1 aliphatic rings. The van der Waals surface area contributed by atoms with E-state index in [1.807, 2.05) is 0 Å². The molecule has 0 aliphatic heterocycles. The largest absolute Gasteiger partial charge is 0.348 e. The van der Waals surface area contributed by atoms with E-state index in [0.29, 0.717) is 17.7 Å². The third-order valence-corrected chi connectivity index (χ3v) is 3.86. The highest BCUT2D eigenvalue weighted by atomic mass is 35.5. The fourth-order valence-electron chi connectivity index (χ4n) is 2.54. The predicted molar refractivity (Wildman–Crippen MR) is 66.7 cm³/mol. The van der Waals surface area contributed by atoms with Gasteiger partial charge >= 0.3 is 0 Å². The van der Waals surface area contributed by atoms with Gasteiger partial charge in [-0.2, -0.15) is 0 Å². The summed E-state index contributed by atoms with van der Waals surface area (Å²) in [5, 5.41) is 3.28. The first kappa shape index (κ1) is 12.6. The van der Waals surface area contributed by atoms with Gasteiger partial charge in [0.25, 0.3) is 0 Å². The number of hydrogen-bond donors (Lipinski definition) is 1. The first-order valence-electron chi connectivity index (χ1n) is 5.95. The minimum Gasteiger partial charge on any atom is -0.348 e. The molecule has 1 aromatic heterocycles. The summed E-state index contributed by atoms with van der Waals surface area (Å²) in [7, 11) is 0. The Kier molecular flexibility index (Phi) is 3.82. The Morgan fingerprint density at radius 1 is 1.53 bits per heavy atom. The van der Waals surface area contributed by atoms with Crippen LogP contribution in [0.1, 0.15) is 32.6 Å². The number of halogens is 2. The average Bonchev–Trinajstić information content (AvgIpc) is 2.32. The zero-order chi connectivity index (χ0) is 12.3. The molecule has 0 spiro atoms. The normalized spacial score (nSPS) is 29.0. The van der Waals surface area contributed by atoms with Crippen molar-refractivity contribution in [3.8, 4) is 0 Å². The predicted octanol–water partition coefficient (Wildman–Crippen LogP) is 3.22. The van der Waals surface area contributed by atoms with Gasteiger partial charge in [-0.15, -0.1) is 11.6 Å². The van der Waals surface area contributed by atoms with E-state index in [1.165, 1.54) is 18.8 Å². The summed E-state index contributed by atoms with van der Waals surface area (Å²) >= 11 is 6.09.